The van der Waals surface area contributed by atoms with Crippen molar-refractivity contribution in [2.75, 3.05) is 0 Å². The second-order valence-electron chi connectivity index (χ2n) is 3.18. The van der Waals surface area contributed by atoms with Crippen LogP contribution in [0.15, 0.2) is 48.8 Å². The molecule has 0 N–H and O–H groups in total. The molecule has 0 aliphatic heterocycles. The summed E-state index contributed by atoms with van der Waals surface area (Å²) in [6.07, 6.45) is 3.57. The van der Waals surface area contributed by atoms with Crippen molar-refractivity contribution < 1.29 is 0 Å². The van der Waals surface area contributed by atoms with Crippen molar-refractivity contribution >= 4 is 0 Å². The van der Waals surface area contributed by atoms with Crippen molar-refractivity contribution in [1.29, 1.82) is 0 Å². The summed E-state index contributed by atoms with van der Waals surface area (Å²) in [5.41, 5.74) is 1.99. The number of nitrogens with zero attached hydrogens (tertiary/aromatic N) is 3. The molecule has 0 atom stereocenters. The smallest absolute Gasteiger partial charge is 0.0270 e. The first-order valence-electron chi connectivity index (χ1n) is 4.88. The van der Waals surface area contributed by atoms with E-state index in [9.17, 15) is 0 Å². The molecule has 0 aliphatic rings. The normalized spacial score (nSPS) is 10.1. The van der Waals surface area contributed by atoms with Gasteiger partial charge in [0.05, 0.1) is 0 Å². The van der Waals surface area contributed by atoms with Crippen molar-refractivity contribution in [1.82, 2.24) is 9.97 Å². The number of hydrogen-bond acceptors (Lipinski definition) is 2. The molecule has 0 spiro atoms. The molecule has 0 radical (unpaired) electrons. The summed E-state index contributed by atoms with van der Waals surface area (Å²) < 4.78 is 0. The zero-order chi connectivity index (χ0) is 10.3. The topological polar surface area (TPSA) is 39.9 Å². The third-order valence-corrected chi connectivity index (χ3v) is 2.00. The van der Waals surface area contributed by atoms with E-state index in [2.05, 4.69) is 15.3 Å². The van der Waals surface area contributed by atoms with Gasteiger partial charge in [-0.3, -0.25) is 9.97 Å². The summed E-state index contributed by atoms with van der Waals surface area (Å²) in [4.78, 5) is 8.39. The Morgan fingerprint density at radius 1 is 0.800 bits per heavy atom. The molecule has 2 aromatic rings. The van der Waals surface area contributed by atoms with Gasteiger partial charge in [-0.15, -0.1) is 13.1 Å². The summed E-state index contributed by atoms with van der Waals surface area (Å²) in [5.74, 6) is 0. The van der Waals surface area contributed by atoms with Crippen molar-refractivity contribution in [2.45, 2.75) is 13.1 Å². The van der Waals surface area contributed by atoms with Crippen LogP contribution in [-0.4, -0.2) is 9.97 Å². The Kier molecular flexibility index (Phi) is 3.41. The first-order chi connectivity index (χ1) is 7.45. The first-order valence-corrected chi connectivity index (χ1v) is 4.88. The highest BCUT2D eigenvalue weighted by atomic mass is 14.9. The Bertz CT molecular complexity index is 347. The maximum atomic E-state index is 4.39. The van der Waals surface area contributed by atoms with Crippen molar-refractivity contribution in [2.24, 2.45) is 0 Å². The summed E-state index contributed by atoms with van der Waals surface area (Å²) in [7, 11) is 0. The quantitative estimate of drug-likeness (QED) is 0.757. The van der Waals surface area contributed by atoms with E-state index in [-0.39, 0.29) is 0 Å². The van der Waals surface area contributed by atoms with Gasteiger partial charge in [-0.05, 0) is 24.3 Å². The van der Waals surface area contributed by atoms with E-state index in [1.54, 1.807) is 12.4 Å². The average Bonchev–Trinajstić information content (AvgIpc) is 2.32. The number of rotatable bonds is 4. The third kappa shape index (κ3) is 3.14. The van der Waals surface area contributed by atoms with Gasteiger partial charge in [0.2, 0.25) is 0 Å². The van der Waals surface area contributed by atoms with Crippen LogP contribution in [-0.2, 0) is 13.1 Å². The van der Waals surface area contributed by atoms with E-state index in [1.165, 1.54) is 0 Å². The molecule has 0 aromatic carbocycles. The molecular formula is C12H12N3-. The van der Waals surface area contributed by atoms with Gasteiger partial charge in [0, 0.05) is 23.8 Å². The molecule has 3 heteroatoms. The molecule has 76 valence electrons. The van der Waals surface area contributed by atoms with Gasteiger partial charge in [0.1, 0.15) is 0 Å². The van der Waals surface area contributed by atoms with E-state index in [0.29, 0.717) is 13.1 Å². The molecule has 0 unspecified atom stereocenters. The third-order valence-electron chi connectivity index (χ3n) is 2.00. The molecule has 0 fully saturated rings. The van der Waals surface area contributed by atoms with Gasteiger partial charge in [0.25, 0.3) is 0 Å². The summed E-state index contributed by atoms with van der Waals surface area (Å²) in [6, 6.07) is 11.7. The van der Waals surface area contributed by atoms with Gasteiger partial charge < -0.3 is 5.32 Å². The van der Waals surface area contributed by atoms with Crippen molar-refractivity contribution in [3.8, 4) is 0 Å². The molecule has 15 heavy (non-hydrogen) atoms. The zero-order valence-corrected chi connectivity index (χ0v) is 8.37. The monoisotopic (exact) mass is 198 g/mol. The zero-order valence-electron chi connectivity index (χ0n) is 8.37. The fourth-order valence-corrected chi connectivity index (χ4v) is 1.27. The van der Waals surface area contributed by atoms with E-state index in [1.807, 2.05) is 36.4 Å². The molecule has 2 heterocycles. The second kappa shape index (κ2) is 5.22. The van der Waals surface area contributed by atoms with Crippen LogP contribution >= 0.6 is 0 Å². The largest absolute Gasteiger partial charge is 0.652 e. The highest BCUT2D eigenvalue weighted by Gasteiger charge is 1.85. The molecule has 0 saturated heterocycles. The van der Waals surface area contributed by atoms with Crippen LogP contribution in [0.4, 0.5) is 0 Å². The second-order valence-corrected chi connectivity index (χ2v) is 3.18. The molecule has 0 aliphatic carbocycles. The Hall–Kier alpha value is -1.74. The Balaban J connectivity index is 1.81. The molecule has 2 rings (SSSR count). The van der Waals surface area contributed by atoms with Crippen LogP contribution in [0.25, 0.3) is 5.32 Å². The highest BCUT2D eigenvalue weighted by molar-refractivity contribution is 5.11. The van der Waals surface area contributed by atoms with Crippen LogP contribution in [0.1, 0.15) is 11.4 Å². The fraction of sp³-hybridized carbons (Fsp3) is 0.167. The molecule has 0 bridgehead atoms. The Morgan fingerprint density at radius 3 is 1.73 bits per heavy atom. The van der Waals surface area contributed by atoms with Crippen LogP contribution in [0.5, 0.6) is 0 Å². The average molecular weight is 198 g/mol. The van der Waals surface area contributed by atoms with Crippen molar-refractivity contribution in [3.63, 3.8) is 0 Å². The van der Waals surface area contributed by atoms with E-state index in [0.717, 1.165) is 11.4 Å². The summed E-state index contributed by atoms with van der Waals surface area (Å²) >= 11 is 0. The predicted octanol–water partition coefficient (Wildman–Crippen LogP) is 2.55. The fourth-order valence-electron chi connectivity index (χ4n) is 1.27. The number of hydrogen-bond donors (Lipinski definition) is 0. The Morgan fingerprint density at radius 2 is 1.33 bits per heavy atom. The summed E-state index contributed by atoms with van der Waals surface area (Å²) in [6.45, 7) is 1.30. The van der Waals surface area contributed by atoms with Crippen molar-refractivity contribution in [3.05, 3.63) is 65.5 Å². The van der Waals surface area contributed by atoms with Gasteiger partial charge in [-0.2, -0.15) is 0 Å². The maximum Gasteiger partial charge on any atom is 0.0270 e. The van der Waals surface area contributed by atoms with Crippen LogP contribution < -0.4 is 0 Å². The molecule has 2 aromatic heterocycles. The van der Waals surface area contributed by atoms with Gasteiger partial charge in [-0.1, -0.05) is 12.1 Å². The van der Waals surface area contributed by atoms with Crippen LogP contribution in [0.3, 0.4) is 0 Å². The van der Waals surface area contributed by atoms with E-state index in [4.69, 9.17) is 0 Å². The SMILES string of the molecule is c1ccc(C[N-]Cc2ccccn2)nc1. The molecule has 0 amide bonds. The minimum absolute atomic E-state index is 0.650. The first kappa shape index (κ1) is 9.80. The highest BCUT2D eigenvalue weighted by Crippen LogP contribution is 2.06. The van der Waals surface area contributed by atoms with Crippen LogP contribution in [0.2, 0.25) is 0 Å². The number of pyridine rings is 2. The minimum Gasteiger partial charge on any atom is -0.652 e. The van der Waals surface area contributed by atoms with E-state index >= 15 is 0 Å². The lowest BCUT2D eigenvalue weighted by Gasteiger charge is -2.17. The lowest BCUT2D eigenvalue weighted by Crippen LogP contribution is -1.91. The maximum absolute atomic E-state index is 4.39. The van der Waals surface area contributed by atoms with Gasteiger partial charge in [0.15, 0.2) is 0 Å². The molecule has 0 saturated carbocycles. The standard InChI is InChI=1S/C12H12N3/c1-3-7-14-11(5-1)9-13-10-12-6-2-4-8-15-12/h1-8H,9-10H2/q-1. The van der Waals surface area contributed by atoms with Gasteiger partial charge >= 0.3 is 0 Å². The lowest BCUT2D eigenvalue weighted by molar-refractivity contribution is 0.967. The minimum atomic E-state index is 0.650. The van der Waals surface area contributed by atoms with Gasteiger partial charge in [-0.25, -0.2) is 0 Å². The molecule has 3 nitrogen and oxygen atoms in total. The van der Waals surface area contributed by atoms with E-state index < -0.39 is 0 Å². The molecular weight excluding hydrogens is 186 g/mol. The number of aromatic nitrogens is 2. The summed E-state index contributed by atoms with van der Waals surface area (Å²) in [5, 5.41) is 4.39. The Labute approximate surface area is 89.2 Å². The predicted molar refractivity (Wildman–Crippen MR) is 59.2 cm³/mol. The lowest BCUT2D eigenvalue weighted by atomic mass is 10.3. The van der Waals surface area contributed by atoms with Crippen LogP contribution in [0, 0.1) is 0 Å².